The first kappa shape index (κ1) is 15.4. The third-order valence-corrected chi connectivity index (χ3v) is 2.92. The number of alkyl halides is 3. The predicted octanol–water partition coefficient (Wildman–Crippen LogP) is 4.68. The molecule has 21 heavy (non-hydrogen) atoms. The molecular formula is C13H10ClF4N3. The Bertz CT molecular complexity index is 658. The number of nitrogens with zero attached hydrogens (tertiary/aromatic N) is 1. The fourth-order valence-electron chi connectivity index (χ4n) is 1.62. The van der Waals surface area contributed by atoms with Crippen molar-refractivity contribution in [2.75, 3.05) is 17.7 Å². The number of rotatable bonds is 3. The Morgan fingerprint density at radius 1 is 1.10 bits per heavy atom. The highest BCUT2D eigenvalue weighted by molar-refractivity contribution is 6.33. The lowest BCUT2D eigenvalue weighted by atomic mass is 10.2. The van der Waals surface area contributed by atoms with Crippen LogP contribution in [-0.2, 0) is 6.18 Å². The van der Waals surface area contributed by atoms with E-state index in [-0.39, 0.29) is 22.3 Å². The van der Waals surface area contributed by atoms with Crippen LogP contribution in [0.5, 0.6) is 0 Å². The zero-order valence-electron chi connectivity index (χ0n) is 10.7. The third-order valence-electron chi connectivity index (χ3n) is 2.60. The van der Waals surface area contributed by atoms with Gasteiger partial charge >= 0.3 is 6.18 Å². The van der Waals surface area contributed by atoms with Crippen molar-refractivity contribution < 1.29 is 17.6 Å². The van der Waals surface area contributed by atoms with Crippen molar-refractivity contribution in [3.8, 4) is 0 Å². The maximum absolute atomic E-state index is 12.9. The molecule has 0 saturated carbocycles. The Kier molecular flexibility index (Phi) is 4.22. The first-order chi connectivity index (χ1) is 9.79. The van der Waals surface area contributed by atoms with Gasteiger partial charge in [0.15, 0.2) is 0 Å². The Hall–Kier alpha value is -2.02. The lowest BCUT2D eigenvalue weighted by molar-refractivity contribution is -0.137. The molecule has 1 heterocycles. The van der Waals surface area contributed by atoms with Crippen LogP contribution in [0.2, 0.25) is 5.02 Å². The van der Waals surface area contributed by atoms with Gasteiger partial charge in [-0.2, -0.15) is 13.2 Å². The molecule has 0 bridgehead atoms. The number of benzene rings is 1. The number of halogens is 5. The van der Waals surface area contributed by atoms with E-state index in [0.717, 1.165) is 24.3 Å². The van der Waals surface area contributed by atoms with E-state index in [1.807, 2.05) is 0 Å². The van der Waals surface area contributed by atoms with Crippen molar-refractivity contribution in [1.82, 2.24) is 4.98 Å². The average molecular weight is 320 g/mol. The second-order valence-corrected chi connectivity index (χ2v) is 4.53. The van der Waals surface area contributed by atoms with Gasteiger partial charge in [0.2, 0.25) is 0 Å². The summed E-state index contributed by atoms with van der Waals surface area (Å²) in [5.74, 6) is -0.549. The van der Waals surface area contributed by atoms with Gasteiger partial charge in [-0.25, -0.2) is 9.37 Å². The predicted molar refractivity (Wildman–Crippen MR) is 73.5 cm³/mol. The second kappa shape index (κ2) is 5.77. The molecule has 2 aromatic rings. The maximum Gasteiger partial charge on any atom is 0.416 e. The van der Waals surface area contributed by atoms with Gasteiger partial charge in [0.1, 0.15) is 17.5 Å². The van der Waals surface area contributed by atoms with Gasteiger partial charge in [-0.3, -0.25) is 0 Å². The molecule has 0 radical (unpaired) electrons. The zero-order valence-corrected chi connectivity index (χ0v) is 11.5. The van der Waals surface area contributed by atoms with Gasteiger partial charge in [-0.05, 0) is 30.3 Å². The van der Waals surface area contributed by atoms with Crippen LogP contribution in [-0.4, -0.2) is 12.0 Å². The molecule has 0 saturated heterocycles. The molecule has 0 aliphatic heterocycles. The Morgan fingerprint density at radius 3 is 2.33 bits per heavy atom. The summed E-state index contributed by atoms with van der Waals surface area (Å²) in [5.41, 5.74) is -0.602. The van der Waals surface area contributed by atoms with E-state index in [2.05, 4.69) is 15.6 Å². The minimum Gasteiger partial charge on any atom is -0.373 e. The van der Waals surface area contributed by atoms with Crippen molar-refractivity contribution in [2.45, 2.75) is 6.18 Å². The molecule has 2 rings (SSSR count). The van der Waals surface area contributed by atoms with E-state index in [1.165, 1.54) is 13.1 Å². The molecule has 8 heteroatoms. The van der Waals surface area contributed by atoms with Crippen LogP contribution in [0.1, 0.15) is 5.56 Å². The quantitative estimate of drug-likeness (QED) is 0.807. The van der Waals surface area contributed by atoms with Gasteiger partial charge < -0.3 is 10.6 Å². The Balaban J connectivity index is 2.39. The largest absolute Gasteiger partial charge is 0.416 e. The molecule has 3 nitrogen and oxygen atoms in total. The fraction of sp³-hybridized carbons (Fsp3) is 0.154. The van der Waals surface area contributed by atoms with Crippen LogP contribution in [0.4, 0.5) is 34.9 Å². The van der Waals surface area contributed by atoms with Crippen molar-refractivity contribution in [3.05, 3.63) is 46.7 Å². The number of aromatic nitrogens is 1. The first-order valence-electron chi connectivity index (χ1n) is 5.78. The molecule has 0 aliphatic rings. The topological polar surface area (TPSA) is 37.0 Å². The molecule has 0 amide bonds. The smallest absolute Gasteiger partial charge is 0.373 e. The van der Waals surface area contributed by atoms with Crippen LogP contribution >= 0.6 is 11.6 Å². The number of nitrogens with one attached hydrogen (secondary N) is 2. The standard InChI is InChI=1S/C13H10ClF4N3/c1-19-11-4-7(13(16,17)18)5-12(21-11)20-10-3-2-8(15)6-9(10)14/h2-6H,1H3,(H2,19,20,21). The van der Waals surface area contributed by atoms with Crippen molar-refractivity contribution in [3.63, 3.8) is 0 Å². The molecule has 1 aromatic carbocycles. The van der Waals surface area contributed by atoms with E-state index in [1.54, 1.807) is 0 Å². The lowest BCUT2D eigenvalue weighted by Crippen LogP contribution is -2.08. The SMILES string of the molecule is CNc1cc(C(F)(F)F)cc(Nc2ccc(F)cc2Cl)n1. The van der Waals surface area contributed by atoms with Gasteiger partial charge in [-0.15, -0.1) is 0 Å². The molecule has 0 unspecified atom stereocenters. The summed E-state index contributed by atoms with van der Waals surface area (Å²) in [7, 11) is 1.46. The van der Waals surface area contributed by atoms with Gasteiger partial charge in [0.05, 0.1) is 16.3 Å². The number of pyridine rings is 1. The highest BCUT2D eigenvalue weighted by Gasteiger charge is 2.31. The monoisotopic (exact) mass is 319 g/mol. The van der Waals surface area contributed by atoms with E-state index in [4.69, 9.17) is 11.6 Å². The average Bonchev–Trinajstić information content (AvgIpc) is 2.40. The normalized spacial score (nSPS) is 11.3. The highest BCUT2D eigenvalue weighted by atomic mass is 35.5. The summed E-state index contributed by atoms with van der Waals surface area (Å²) in [6.07, 6.45) is -4.50. The zero-order chi connectivity index (χ0) is 15.6. The number of hydrogen-bond acceptors (Lipinski definition) is 3. The molecular weight excluding hydrogens is 310 g/mol. The Morgan fingerprint density at radius 2 is 1.76 bits per heavy atom. The Labute approximate surface area is 123 Å². The molecule has 0 fully saturated rings. The minimum atomic E-state index is -4.50. The highest BCUT2D eigenvalue weighted by Crippen LogP contribution is 2.33. The molecule has 0 aliphatic carbocycles. The van der Waals surface area contributed by atoms with Crippen molar-refractivity contribution in [2.24, 2.45) is 0 Å². The van der Waals surface area contributed by atoms with Crippen LogP contribution in [0, 0.1) is 5.82 Å². The summed E-state index contributed by atoms with van der Waals surface area (Å²) < 4.78 is 51.3. The third kappa shape index (κ3) is 3.75. The van der Waals surface area contributed by atoms with Crippen LogP contribution in [0.25, 0.3) is 0 Å². The summed E-state index contributed by atoms with van der Waals surface area (Å²) in [5, 5.41) is 5.22. The van der Waals surface area contributed by atoms with Crippen LogP contribution in [0.3, 0.4) is 0 Å². The number of hydrogen-bond donors (Lipinski definition) is 2. The lowest BCUT2D eigenvalue weighted by Gasteiger charge is -2.13. The van der Waals surface area contributed by atoms with Gasteiger partial charge in [-0.1, -0.05) is 11.6 Å². The molecule has 112 valence electrons. The summed E-state index contributed by atoms with van der Waals surface area (Å²) >= 11 is 5.81. The minimum absolute atomic E-state index is 0.0419. The summed E-state index contributed by atoms with van der Waals surface area (Å²) in [4.78, 5) is 3.95. The van der Waals surface area contributed by atoms with Crippen molar-refractivity contribution in [1.29, 1.82) is 0 Å². The molecule has 2 N–H and O–H groups in total. The molecule has 0 spiro atoms. The number of anilines is 3. The van der Waals surface area contributed by atoms with E-state index in [0.29, 0.717) is 0 Å². The van der Waals surface area contributed by atoms with Gasteiger partial charge in [0.25, 0.3) is 0 Å². The second-order valence-electron chi connectivity index (χ2n) is 4.12. The van der Waals surface area contributed by atoms with Crippen molar-refractivity contribution >= 4 is 28.9 Å². The maximum atomic E-state index is 12.9. The first-order valence-corrected chi connectivity index (χ1v) is 6.16. The van der Waals surface area contributed by atoms with E-state index < -0.39 is 17.6 Å². The van der Waals surface area contributed by atoms with Crippen LogP contribution < -0.4 is 10.6 Å². The molecule has 0 atom stereocenters. The summed E-state index contributed by atoms with van der Waals surface area (Å²) in [6.45, 7) is 0. The van der Waals surface area contributed by atoms with Gasteiger partial charge in [0, 0.05) is 7.05 Å². The van der Waals surface area contributed by atoms with E-state index >= 15 is 0 Å². The molecule has 1 aromatic heterocycles. The van der Waals surface area contributed by atoms with Crippen LogP contribution in [0.15, 0.2) is 30.3 Å². The summed E-state index contributed by atoms with van der Waals surface area (Å²) in [6, 6.07) is 5.24. The fourth-order valence-corrected chi connectivity index (χ4v) is 1.83. The van der Waals surface area contributed by atoms with E-state index in [9.17, 15) is 17.6 Å².